The monoisotopic (exact) mass is 302 g/mol. The zero-order valence-electron chi connectivity index (χ0n) is 12.6. The molecule has 1 aromatic rings. The van der Waals surface area contributed by atoms with E-state index in [4.69, 9.17) is 0 Å². The van der Waals surface area contributed by atoms with Crippen LogP contribution in [0.3, 0.4) is 0 Å². The molecule has 0 fully saturated rings. The first-order valence-corrected chi connectivity index (χ1v) is 8.79. The van der Waals surface area contributed by atoms with Crippen molar-refractivity contribution in [3.8, 4) is 0 Å². The van der Waals surface area contributed by atoms with Crippen molar-refractivity contribution in [2.75, 3.05) is 25.4 Å². The van der Waals surface area contributed by atoms with Gasteiger partial charge in [-0.1, -0.05) is 6.92 Å². The van der Waals surface area contributed by atoms with Gasteiger partial charge in [0.25, 0.3) is 0 Å². The van der Waals surface area contributed by atoms with E-state index < -0.39 is 10.0 Å². The lowest BCUT2D eigenvalue weighted by molar-refractivity contribution is 0.542. The zero-order valence-corrected chi connectivity index (χ0v) is 13.5. The maximum atomic E-state index is 11.7. The Bertz CT molecular complexity index is 496. The van der Waals surface area contributed by atoms with Gasteiger partial charge < -0.3 is 5.32 Å². The van der Waals surface area contributed by atoms with Gasteiger partial charge in [0.2, 0.25) is 10.0 Å². The molecular formula is C13H26N4O2S. The molecule has 0 aliphatic carbocycles. The van der Waals surface area contributed by atoms with Gasteiger partial charge in [0.1, 0.15) is 0 Å². The highest BCUT2D eigenvalue weighted by Crippen LogP contribution is 2.02. The van der Waals surface area contributed by atoms with E-state index in [9.17, 15) is 8.42 Å². The summed E-state index contributed by atoms with van der Waals surface area (Å²) in [5.41, 5.74) is 2.10. The Morgan fingerprint density at radius 1 is 1.25 bits per heavy atom. The van der Waals surface area contributed by atoms with Crippen LogP contribution in [0.4, 0.5) is 0 Å². The summed E-state index contributed by atoms with van der Waals surface area (Å²) in [5, 5.41) is 7.43. The van der Waals surface area contributed by atoms with E-state index in [1.165, 1.54) is 0 Å². The van der Waals surface area contributed by atoms with Crippen molar-refractivity contribution in [3.63, 3.8) is 0 Å². The van der Waals surface area contributed by atoms with Crippen LogP contribution in [0.25, 0.3) is 0 Å². The van der Waals surface area contributed by atoms with Crippen LogP contribution in [0.15, 0.2) is 6.07 Å². The van der Waals surface area contributed by atoms with Gasteiger partial charge in [-0.25, -0.2) is 13.1 Å². The molecular weight excluding hydrogens is 276 g/mol. The lowest BCUT2D eigenvalue weighted by Gasteiger charge is -2.08. The number of sulfonamides is 1. The van der Waals surface area contributed by atoms with Crippen molar-refractivity contribution in [1.82, 2.24) is 19.8 Å². The third-order valence-corrected chi connectivity index (χ3v) is 4.33. The lowest BCUT2D eigenvalue weighted by atomic mass is 10.4. The van der Waals surface area contributed by atoms with Crippen molar-refractivity contribution < 1.29 is 8.42 Å². The SMILES string of the molecule is CCCNCCS(=O)(=O)NCCCn1nc(C)cc1C. The van der Waals surface area contributed by atoms with E-state index in [1.807, 2.05) is 24.6 Å². The highest BCUT2D eigenvalue weighted by atomic mass is 32.2. The molecule has 0 aliphatic heterocycles. The summed E-state index contributed by atoms with van der Waals surface area (Å²) >= 11 is 0. The molecule has 6 nitrogen and oxygen atoms in total. The summed E-state index contributed by atoms with van der Waals surface area (Å²) in [4.78, 5) is 0. The Kier molecular flexibility index (Phi) is 7.18. The predicted molar refractivity (Wildman–Crippen MR) is 81.3 cm³/mol. The molecule has 20 heavy (non-hydrogen) atoms. The normalized spacial score (nSPS) is 11.9. The van der Waals surface area contributed by atoms with Crippen LogP contribution in [0, 0.1) is 13.8 Å². The van der Waals surface area contributed by atoms with Crippen molar-refractivity contribution in [2.45, 2.75) is 40.2 Å². The highest BCUT2D eigenvalue weighted by Gasteiger charge is 2.08. The Labute approximate surface area is 122 Å². The minimum atomic E-state index is -3.16. The second-order valence-electron chi connectivity index (χ2n) is 4.97. The standard InChI is InChI=1S/C13H26N4O2S/c1-4-6-14-8-10-20(18,19)15-7-5-9-17-13(3)11-12(2)16-17/h11,14-15H,4-10H2,1-3H3. The fourth-order valence-corrected chi connectivity index (χ4v) is 2.95. The van der Waals surface area contributed by atoms with Gasteiger partial charge in [-0.3, -0.25) is 4.68 Å². The van der Waals surface area contributed by atoms with E-state index >= 15 is 0 Å². The molecule has 0 radical (unpaired) electrons. The topological polar surface area (TPSA) is 76.0 Å². The molecule has 0 spiro atoms. The van der Waals surface area contributed by atoms with Crippen LogP contribution in [-0.4, -0.2) is 43.6 Å². The van der Waals surface area contributed by atoms with Crippen LogP contribution in [0.1, 0.15) is 31.2 Å². The van der Waals surface area contributed by atoms with Crippen molar-refractivity contribution in [1.29, 1.82) is 0 Å². The Morgan fingerprint density at radius 2 is 2.00 bits per heavy atom. The fourth-order valence-electron chi connectivity index (χ4n) is 1.94. The van der Waals surface area contributed by atoms with E-state index in [0.29, 0.717) is 13.1 Å². The molecule has 2 N–H and O–H groups in total. The van der Waals surface area contributed by atoms with Crippen molar-refractivity contribution in [3.05, 3.63) is 17.5 Å². The number of nitrogens with one attached hydrogen (secondary N) is 2. The predicted octanol–water partition coefficient (Wildman–Crippen LogP) is 0.809. The first-order valence-electron chi connectivity index (χ1n) is 7.13. The van der Waals surface area contributed by atoms with Gasteiger partial charge in [0, 0.05) is 25.3 Å². The molecule has 0 unspecified atom stereocenters. The number of nitrogens with zero attached hydrogens (tertiary/aromatic N) is 2. The molecule has 116 valence electrons. The minimum absolute atomic E-state index is 0.132. The van der Waals surface area contributed by atoms with Crippen LogP contribution >= 0.6 is 0 Å². The molecule has 0 saturated heterocycles. The molecule has 1 rings (SSSR count). The van der Waals surface area contributed by atoms with Gasteiger partial charge in [-0.05, 0) is 39.3 Å². The quantitative estimate of drug-likeness (QED) is 0.627. The fraction of sp³-hybridized carbons (Fsp3) is 0.769. The number of hydrogen-bond donors (Lipinski definition) is 2. The van der Waals surface area contributed by atoms with Gasteiger partial charge >= 0.3 is 0 Å². The summed E-state index contributed by atoms with van der Waals surface area (Å²) in [6.07, 6.45) is 1.75. The molecule has 0 aliphatic rings. The number of aromatic nitrogens is 2. The first-order chi connectivity index (χ1) is 9.44. The van der Waals surface area contributed by atoms with Crippen LogP contribution in [-0.2, 0) is 16.6 Å². The smallest absolute Gasteiger partial charge is 0.212 e. The lowest BCUT2D eigenvalue weighted by Crippen LogP contribution is -2.33. The summed E-state index contributed by atoms with van der Waals surface area (Å²) < 4.78 is 27.9. The Balaban J connectivity index is 2.21. The largest absolute Gasteiger partial charge is 0.316 e. The average Bonchev–Trinajstić information content (AvgIpc) is 2.69. The Hall–Kier alpha value is -0.920. The molecule has 0 atom stereocenters. The maximum Gasteiger partial charge on any atom is 0.212 e. The number of hydrogen-bond acceptors (Lipinski definition) is 4. The molecule has 0 saturated carbocycles. The number of aryl methyl sites for hydroxylation is 3. The van der Waals surface area contributed by atoms with Crippen molar-refractivity contribution >= 4 is 10.0 Å². The molecule has 0 bridgehead atoms. The van der Waals surface area contributed by atoms with E-state index in [2.05, 4.69) is 22.1 Å². The van der Waals surface area contributed by atoms with E-state index in [-0.39, 0.29) is 5.75 Å². The van der Waals surface area contributed by atoms with E-state index in [1.54, 1.807) is 0 Å². The molecule has 0 aromatic carbocycles. The van der Waals surface area contributed by atoms with Gasteiger partial charge in [0.05, 0.1) is 11.4 Å². The highest BCUT2D eigenvalue weighted by molar-refractivity contribution is 7.89. The summed E-state index contributed by atoms with van der Waals surface area (Å²) in [7, 11) is -3.16. The molecule has 1 aromatic heterocycles. The third-order valence-electron chi connectivity index (χ3n) is 2.95. The van der Waals surface area contributed by atoms with E-state index in [0.717, 1.165) is 37.3 Å². The molecule has 7 heteroatoms. The summed E-state index contributed by atoms with van der Waals surface area (Å²) in [6, 6.07) is 2.02. The Morgan fingerprint density at radius 3 is 2.60 bits per heavy atom. The van der Waals surface area contributed by atoms with Crippen LogP contribution in [0.5, 0.6) is 0 Å². The third kappa shape index (κ3) is 6.49. The van der Waals surface area contributed by atoms with Crippen molar-refractivity contribution in [2.24, 2.45) is 0 Å². The second kappa shape index (κ2) is 8.39. The zero-order chi connectivity index (χ0) is 15.0. The number of rotatable bonds is 10. The molecule has 1 heterocycles. The van der Waals surface area contributed by atoms with Crippen LogP contribution < -0.4 is 10.0 Å². The second-order valence-corrected chi connectivity index (χ2v) is 6.89. The van der Waals surface area contributed by atoms with Crippen LogP contribution in [0.2, 0.25) is 0 Å². The maximum absolute atomic E-state index is 11.7. The summed E-state index contributed by atoms with van der Waals surface area (Å²) in [6.45, 7) is 8.55. The minimum Gasteiger partial charge on any atom is -0.316 e. The van der Waals surface area contributed by atoms with Gasteiger partial charge in [0.15, 0.2) is 0 Å². The summed E-state index contributed by atoms with van der Waals surface area (Å²) in [5.74, 6) is 0.132. The van der Waals surface area contributed by atoms with Gasteiger partial charge in [-0.15, -0.1) is 0 Å². The average molecular weight is 302 g/mol. The first kappa shape index (κ1) is 17.1. The molecule has 0 amide bonds. The van der Waals surface area contributed by atoms with Gasteiger partial charge in [-0.2, -0.15) is 5.10 Å².